The second kappa shape index (κ2) is 5.83. The minimum absolute atomic E-state index is 0.0711. The summed E-state index contributed by atoms with van der Waals surface area (Å²) in [6, 6.07) is 0. The van der Waals surface area contributed by atoms with Gasteiger partial charge in [0.15, 0.2) is 0 Å². The Morgan fingerprint density at radius 3 is 3.05 bits per heavy atom. The Balaban J connectivity index is 1.99. The predicted molar refractivity (Wildman–Crippen MR) is 73.3 cm³/mol. The van der Waals surface area contributed by atoms with Crippen molar-refractivity contribution in [2.45, 2.75) is 19.8 Å². The maximum absolute atomic E-state index is 11.0. The molecule has 0 amide bonds. The third-order valence-corrected chi connectivity index (χ3v) is 3.27. The molecule has 0 atom stereocenters. The molecule has 0 radical (unpaired) electrons. The smallest absolute Gasteiger partial charge is 0.333 e. The molecular weight excluding hydrogens is 246 g/mol. The summed E-state index contributed by atoms with van der Waals surface area (Å²) in [4.78, 5) is 10.6. The average Bonchev–Trinajstić information content (AvgIpc) is 2.65. The third-order valence-electron chi connectivity index (χ3n) is 3.27. The lowest BCUT2D eigenvalue weighted by atomic mass is 10.1. The zero-order chi connectivity index (χ0) is 13.8. The highest BCUT2D eigenvalue weighted by Crippen LogP contribution is 2.27. The highest BCUT2D eigenvalue weighted by atomic mass is 16.6. The Morgan fingerprint density at radius 2 is 2.42 bits per heavy atom. The summed E-state index contributed by atoms with van der Waals surface area (Å²) in [6.07, 6.45) is 4.14. The minimum Gasteiger partial charge on any atom is -0.364 e. The van der Waals surface area contributed by atoms with Gasteiger partial charge in [0.25, 0.3) is 0 Å². The molecule has 7 nitrogen and oxygen atoms in total. The molecule has 104 valence electrons. The fraction of sp³-hybridized carbons (Fsp3) is 0.583. The molecule has 0 saturated carbocycles. The number of aromatic nitrogens is 2. The van der Waals surface area contributed by atoms with E-state index in [4.69, 9.17) is 0 Å². The zero-order valence-corrected chi connectivity index (χ0v) is 11.3. The van der Waals surface area contributed by atoms with E-state index in [-0.39, 0.29) is 10.6 Å². The Kier molecular flexibility index (Phi) is 4.16. The number of nitro groups is 1. The van der Waals surface area contributed by atoms with E-state index in [1.54, 1.807) is 14.0 Å². The molecule has 2 rings (SSSR count). The molecule has 0 unspecified atom stereocenters. The van der Waals surface area contributed by atoms with E-state index in [0.29, 0.717) is 18.1 Å². The van der Waals surface area contributed by atoms with Crippen molar-refractivity contribution >= 4 is 11.5 Å². The molecule has 1 aromatic rings. The Bertz CT molecular complexity index is 506. The van der Waals surface area contributed by atoms with Crippen LogP contribution in [0.3, 0.4) is 0 Å². The van der Waals surface area contributed by atoms with Gasteiger partial charge in [0.05, 0.1) is 4.92 Å². The Hall–Kier alpha value is -1.89. The van der Waals surface area contributed by atoms with E-state index in [0.717, 1.165) is 25.9 Å². The lowest BCUT2D eigenvalue weighted by Gasteiger charge is -2.14. The summed E-state index contributed by atoms with van der Waals surface area (Å²) in [7, 11) is 1.71. The topological polar surface area (TPSA) is 85.0 Å². The molecule has 0 aliphatic carbocycles. The van der Waals surface area contributed by atoms with E-state index in [1.165, 1.54) is 10.3 Å². The lowest BCUT2D eigenvalue weighted by Crippen LogP contribution is -2.21. The highest BCUT2D eigenvalue weighted by molar-refractivity contribution is 5.59. The van der Waals surface area contributed by atoms with Crippen LogP contribution in [0, 0.1) is 17.0 Å². The van der Waals surface area contributed by atoms with Crippen molar-refractivity contribution in [3.8, 4) is 0 Å². The fourth-order valence-corrected chi connectivity index (χ4v) is 2.30. The third kappa shape index (κ3) is 3.11. The van der Waals surface area contributed by atoms with Crippen LogP contribution in [-0.4, -0.2) is 34.3 Å². The van der Waals surface area contributed by atoms with Crippen molar-refractivity contribution in [2.75, 3.05) is 25.0 Å². The second-order valence-electron chi connectivity index (χ2n) is 4.66. The number of nitrogens with one attached hydrogen (secondary N) is 2. The number of anilines is 1. The van der Waals surface area contributed by atoms with E-state index in [9.17, 15) is 10.1 Å². The summed E-state index contributed by atoms with van der Waals surface area (Å²) in [5.74, 6) is 0.483. The van der Waals surface area contributed by atoms with Crippen LogP contribution in [0.25, 0.3) is 0 Å². The van der Waals surface area contributed by atoms with Crippen molar-refractivity contribution in [1.29, 1.82) is 0 Å². The Labute approximate surface area is 111 Å². The van der Waals surface area contributed by atoms with Crippen molar-refractivity contribution in [2.24, 2.45) is 7.05 Å². The lowest BCUT2D eigenvalue weighted by molar-refractivity contribution is -0.384. The van der Waals surface area contributed by atoms with E-state index >= 15 is 0 Å². The first-order valence-electron chi connectivity index (χ1n) is 6.40. The molecule has 7 heteroatoms. The molecular formula is C12H19N5O2. The highest BCUT2D eigenvalue weighted by Gasteiger charge is 2.23. The van der Waals surface area contributed by atoms with E-state index in [1.807, 2.05) is 0 Å². The molecule has 0 bridgehead atoms. The summed E-state index contributed by atoms with van der Waals surface area (Å²) in [6.45, 7) is 4.27. The van der Waals surface area contributed by atoms with Crippen molar-refractivity contribution < 1.29 is 4.92 Å². The minimum atomic E-state index is -0.380. The summed E-state index contributed by atoms with van der Waals surface area (Å²) < 4.78 is 1.53. The normalized spacial score (nSPS) is 15.2. The van der Waals surface area contributed by atoms with Gasteiger partial charge in [0.1, 0.15) is 5.69 Å². The van der Waals surface area contributed by atoms with Gasteiger partial charge in [-0.3, -0.25) is 10.1 Å². The van der Waals surface area contributed by atoms with Gasteiger partial charge in [-0.05, 0) is 26.3 Å². The summed E-state index contributed by atoms with van der Waals surface area (Å²) in [5, 5.41) is 21.5. The maximum atomic E-state index is 11.0. The van der Waals surface area contributed by atoms with Crippen LogP contribution >= 0.6 is 0 Å². The predicted octanol–water partition coefficient (Wildman–Crippen LogP) is 1.36. The van der Waals surface area contributed by atoms with Crippen LogP contribution < -0.4 is 10.6 Å². The molecule has 1 aliphatic heterocycles. The number of hydrogen-bond acceptors (Lipinski definition) is 5. The van der Waals surface area contributed by atoms with Gasteiger partial charge >= 0.3 is 5.69 Å². The number of nitrogens with zero attached hydrogens (tertiary/aromatic N) is 3. The summed E-state index contributed by atoms with van der Waals surface area (Å²) >= 11 is 0. The van der Waals surface area contributed by atoms with Gasteiger partial charge in [-0.25, -0.2) is 4.68 Å². The maximum Gasteiger partial charge on any atom is 0.333 e. The number of rotatable bonds is 5. The first-order chi connectivity index (χ1) is 9.09. The van der Waals surface area contributed by atoms with E-state index < -0.39 is 0 Å². The van der Waals surface area contributed by atoms with Gasteiger partial charge in [-0.2, -0.15) is 5.10 Å². The average molecular weight is 265 g/mol. The van der Waals surface area contributed by atoms with Crippen molar-refractivity contribution in [3.63, 3.8) is 0 Å². The van der Waals surface area contributed by atoms with Crippen molar-refractivity contribution in [3.05, 3.63) is 27.5 Å². The SMILES string of the molecule is Cc1nn(C)c(NCCC2=CCNCC2)c1[N+](=O)[O-]. The second-order valence-corrected chi connectivity index (χ2v) is 4.66. The van der Waals surface area contributed by atoms with Crippen LogP contribution in [-0.2, 0) is 7.05 Å². The van der Waals surface area contributed by atoms with Gasteiger partial charge in [0, 0.05) is 20.1 Å². The molecule has 2 N–H and O–H groups in total. The van der Waals surface area contributed by atoms with Gasteiger partial charge < -0.3 is 10.6 Å². The monoisotopic (exact) mass is 265 g/mol. The molecule has 0 saturated heterocycles. The zero-order valence-electron chi connectivity index (χ0n) is 11.3. The molecule has 1 aliphatic rings. The molecule has 1 aromatic heterocycles. The van der Waals surface area contributed by atoms with Crippen LogP contribution in [0.15, 0.2) is 11.6 Å². The first kappa shape index (κ1) is 13.5. The van der Waals surface area contributed by atoms with Crippen LogP contribution in [0.2, 0.25) is 0 Å². The van der Waals surface area contributed by atoms with E-state index in [2.05, 4.69) is 21.8 Å². The number of aryl methyl sites for hydroxylation is 2. The van der Waals surface area contributed by atoms with Crippen molar-refractivity contribution in [1.82, 2.24) is 15.1 Å². The molecule has 0 aromatic carbocycles. The summed E-state index contributed by atoms with van der Waals surface area (Å²) in [5.41, 5.74) is 1.91. The molecule has 0 spiro atoms. The molecule has 19 heavy (non-hydrogen) atoms. The standard InChI is InChI=1S/C12H19N5O2/c1-9-11(17(18)19)12(16(2)15-9)14-8-5-10-3-6-13-7-4-10/h3,13-14H,4-8H2,1-2H3. The quantitative estimate of drug-likeness (QED) is 0.477. The van der Waals surface area contributed by atoms with Gasteiger partial charge in [0.2, 0.25) is 5.82 Å². The van der Waals surface area contributed by atoms with Crippen LogP contribution in [0.4, 0.5) is 11.5 Å². The van der Waals surface area contributed by atoms with Crippen LogP contribution in [0.5, 0.6) is 0 Å². The molecule has 2 heterocycles. The number of hydrogen-bond donors (Lipinski definition) is 2. The van der Waals surface area contributed by atoms with Gasteiger partial charge in [-0.1, -0.05) is 11.6 Å². The fourth-order valence-electron chi connectivity index (χ4n) is 2.30. The van der Waals surface area contributed by atoms with Crippen LogP contribution in [0.1, 0.15) is 18.5 Å². The van der Waals surface area contributed by atoms with Gasteiger partial charge in [-0.15, -0.1) is 0 Å². The largest absolute Gasteiger partial charge is 0.364 e. The molecule has 0 fully saturated rings. The Morgan fingerprint density at radius 1 is 1.63 bits per heavy atom. The first-order valence-corrected chi connectivity index (χ1v) is 6.40.